The second-order valence-corrected chi connectivity index (χ2v) is 4.77. The van der Waals surface area contributed by atoms with Gasteiger partial charge in [0.15, 0.2) is 0 Å². The Kier molecular flexibility index (Phi) is 3.43. The van der Waals surface area contributed by atoms with Crippen LogP contribution in [0.25, 0.3) is 0 Å². The third-order valence-electron chi connectivity index (χ3n) is 3.12. The molecule has 0 radical (unpaired) electrons. The van der Waals surface area contributed by atoms with Crippen LogP contribution in [0.5, 0.6) is 0 Å². The van der Waals surface area contributed by atoms with Crippen molar-refractivity contribution >= 4 is 5.91 Å². The van der Waals surface area contributed by atoms with E-state index in [4.69, 9.17) is 5.73 Å². The summed E-state index contributed by atoms with van der Waals surface area (Å²) >= 11 is 0. The average molecular weight is 236 g/mol. The van der Waals surface area contributed by atoms with Crippen molar-refractivity contribution in [2.45, 2.75) is 19.4 Å². The monoisotopic (exact) mass is 236 g/mol. The Balaban J connectivity index is 1.99. The van der Waals surface area contributed by atoms with Crippen LogP contribution in [0.3, 0.4) is 0 Å². The van der Waals surface area contributed by atoms with Crippen molar-refractivity contribution in [1.82, 2.24) is 4.90 Å². The summed E-state index contributed by atoms with van der Waals surface area (Å²) in [5, 5.41) is 0. The number of hydrogen-bond donors (Lipinski definition) is 1. The summed E-state index contributed by atoms with van der Waals surface area (Å²) in [5.41, 5.74) is 6.88. The number of carbonyl (C=O) groups is 1. The normalized spacial score (nSPS) is 21.9. The lowest BCUT2D eigenvalue weighted by Gasteiger charge is -2.21. The van der Waals surface area contributed by atoms with Gasteiger partial charge in [-0.1, -0.05) is 19.1 Å². The lowest BCUT2D eigenvalue weighted by Crippen LogP contribution is -2.33. The van der Waals surface area contributed by atoms with Gasteiger partial charge in [-0.15, -0.1) is 0 Å². The summed E-state index contributed by atoms with van der Waals surface area (Å²) in [7, 11) is 0. The Morgan fingerprint density at radius 3 is 2.65 bits per heavy atom. The Labute approximate surface area is 100 Å². The fourth-order valence-electron chi connectivity index (χ4n) is 2.20. The minimum Gasteiger partial charge on any atom is -0.341 e. The van der Waals surface area contributed by atoms with Crippen LogP contribution >= 0.6 is 0 Å². The van der Waals surface area contributed by atoms with Crippen LogP contribution in [0, 0.1) is 11.7 Å². The summed E-state index contributed by atoms with van der Waals surface area (Å²) in [5.74, 6) is 0.296. The van der Waals surface area contributed by atoms with Crippen LogP contribution in [-0.2, 0) is 4.79 Å². The average Bonchev–Trinajstić information content (AvgIpc) is 2.58. The Bertz CT molecular complexity index is 404. The van der Waals surface area contributed by atoms with Gasteiger partial charge in [-0.25, -0.2) is 4.39 Å². The lowest BCUT2D eigenvalue weighted by molar-refractivity contribution is -0.127. The van der Waals surface area contributed by atoms with E-state index in [-0.39, 0.29) is 17.8 Å². The van der Waals surface area contributed by atoms with Gasteiger partial charge in [-0.3, -0.25) is 4.79 Å². The number of likely N-dealkylation sites (tertiary alicyclic amines) is 1. The van der Waals surface area contributed by atoms with Crippen molar-refractivity contribution in [3.05, 3.63) is 35.6 Å². The highest BCUT2D eigenvalue weighted by molar-refractivity contribution is 5.78. The molecule has 1 heterocycles. The lowest BCUT2D eigenvalue weighted by atomic mass is 10.1. The molecule has 1 amide bonds. The molecule has 2 unspecified atom stereocenters. The van der Waals surface area contributed by atoms with Crippen LogP contribution in [0.15, 0.2) is 24.3 Å². The minimum atomic E-state index is -0.271. The quantitative estimate of drug-likeness (QED) is 0.868. The molecular weight excluding hydrogens is 219 g/mol. The van der Waals surface area contributed by atoms with Gasteiger partial charge in [-0.05, 0) is 23.6 Å². The standard InChI is InChI=1S/C13H17FN2O/c1-9-6-13(17)16(7-9)8-12(15)10-2-4-11(14)5-3-10/h2-5,9,12H,6-8,15H2,1H3. The first-order chi connectivity index (χ1) is 8.06. The SMILES string of the molecule is CC1CC(=O)N(CC(N)c2ccc(F)cc2)C1. The maximum atomic E-state index is 12.8. The topological polar surface area (TPSA) is 46.3 Å². The number of benzene rings is 1. The van der Waals surface area contributed by atoms with Gasteiger partial charge in [-0.2, -0.15) is 0 Å². The molecule has 92 valence electrons. The van der Waals surface area contributed by atoms with Crippen molar-refractivity contribution < 1.29 is 9.18 Å². The maximum Gasteiger partial charge on any atom is 0.222 e. The molecule has 4 heteroatoms. The van der Waals surface area contributed by atoms with Crippen LogP contribution < -0.4 is 5.73 Å². The molecule has 0 spiro atoms. The van der Waals surface area contributed by atoms with Gasteiger partial charge >= 0.3 is 0 Å². The van der Waals surface area contributed by atoms with E-state index >= 15 is 0 Å². The Morgan fingerprint density at radius 1 is 1.47 bits per heavy atom. The summed E-state index contributed by atoms with van der Waals surface area (Å²) in [6.45, 7) is 3.34. The van der Waals surface area contributed by atoms with E-state index in [0.717, 1.165) is 12.1 Å². The van der Waals surface area contributed by atoms with E-state index in [9.17, 15) is 9.18 Å². The van der Waals surface area contributed by atoms with Crippen LogP contribution in [0.1, 0.15) is 24.9 Å². The molecule has 2 N–H and O–H groups in total. The molecule has 3 nitrogen and oxygen atoms in total. The fraction of sp³-hybridized carbons (Fsp3) is 0.462. The van der Waals surface area contributed by atoms with Crippen molar-refractivity contribution in [1.29, 1.82) is 0 Å². The Hall–Kier alpha value is -1.42. The fourth-order valence-corrected chi connectivity index (χ4v) is 2.20. The number of rotatable bonds is 3. The van der Waals surface area contributed by atoms with E-state index in [1.54, 1.807) is 17.0 Å². The number of amides is 1. The molecule has 1 aliphatic rings. The second-order valence-electron chi connectivity index (χ2n) is 4.77. The number of nitrogens with two attached hydrogens (primary N) is 1. The minimum absolute atomic E-state index is 0.162. The summed E-state index contributed by atoms with van der Waals surface area (Å²) < 4.78 is 12.8. The van der Waals surface area contributed by atoms with E-state index in [1.165, 1.54) is 12.1 Å². The molecule has 2 atom stereocenters. The van der Waals surface area contributed by atoms with Crippen molar-refractivity contribution in [2.75, 3.05) is 13.1 Å². The largest absolute Gasteiger partial charge is 0.341 e. The van der Waals surface area contributed by atoms with Gasteiger partial charge in [0.05, 0.1) is 0 Å². The molecule has 2 rings (SSSR count). The first-order valence-corrected chi connectivity index (χ1v) is 5.85. The van der Waals surface area contributed by atoms with Crippen molar-refractivity contribution in [3.8, 4) is 0 Å². The van der Waals surface area contributed by atoms with E-state index in [1.807, 2.05) is 0 Å². The van der Waals surface area contributed by atoms with E-state index in [0.29, 0.717) is 18.9 Å². The van der Waals surface area contributed by atoms with E-state index in [2.05, 4.69) is 6.92 Å². The molecule has 1 aliphatic heterocycles. The number of nitrogens with zero attached hydrogens (tertiary/aromatic N) is 1. The number of carbonyl (C=O) groups excluding carboxylic acids is 1. The second kappa shape index (κ2) is 4.84. The maximum absolute atomic E-state index is 12.8. The molecule has 0 aromatic heterocycles. The highest BCUT2D eigenvalue weighted by Gasteiger charge is 2.27. The van der Waals surface area contributed by atoms with Crippen molar-refractivity contribution in [2.24, 2.45) is 11.7 Å². The molecule has 0 aliphatic carbocycles. The van der Waals surface area contributed by atoms with Gasteiger partial charge in [0, 0.05) is 25.6 Å². The third kappa shape index (κ3) is 2.82. The predicted molar refractivity (Wildman–Crippen MR) is 63.7 cm³/mol. The molecule has 1 saturated heterocycles. The summed E-state index contributed by atoms with van der Waals surface area (Å²) in [4.78, 5) is 13.4. The number of halogens is 1. The zero-order chi connectivity index (χ0) is 12.4. The van der Waals surface area contributed by atoms with E-state index < -0.39 is 0 Å². The molecular formula is C13H17FN2O. The summed E-state index contributed by atoms with van der Waals surface area (Å²) in [6.07, 6.45) is 0.607. The first kappa shape index (κ1) is 12.0. The molecule has 1 aromatic rings. The highest BCUT2D eigenvalue weighted by Crippen LogP contribution is 2.20. The van der Waals surface area contributed by atoms with Crippen LogP contribution in [0.4, 0.5) is 4.39 Å². The highest BCUT2D eigenvalue weighted by atomic mass is 19.1. The van der Waals surface area contributed by atoms with Gasteiger partial charge in [0.2, 0.25) is 5.91 Å². The molecule has 1 fully saturated rings. The van der Waals surface area contributed by atoms with Crippen LogP contribution in [0.2, 0.25) is 0 Å². The molecule has 0 saturated carbocycles. The van der Waals surface area contributed by atoms with Gasteiger partial charge in [0.1, 0.15) is 5.82 Å². The molecule has 17 heavy (non-hydrogen) atoms. The first-order valence-electron chi connectivity index (χ1n) is 5.85. The predicted octanol–water partition coefficient (Wildman–Crippen LogP) is 1.69. The summed E-state index contributed by atoms with van der Waals surface area (Å²) in [6, 6.07) is 5.88. The number of hydrogen-bond acceptors (Lipinski definition) is 2. The van der Waals surface area contributed by atoms with Crippen LogP contribution in [-0.4, -0.2) is 23.9 Å². The zero-order valence-electron chi connectivity index (χ0n) is 9.90. The van der Waals surface area contributed by atoms with Gasteiger partial charge < -0.3 is 10.6 Å². The molecule has 0 bridgehead atoms. The molecule has 1 aromatic carbocycles. The Morgan fingerprint density at radius 2 is 2.12 bits per heavy atom. The van der Waals surface area contributed by atoms with Crippen molar-refractivity contribution in [3.63, 3.8) is 0 Å². The smallest absolute Gasteiger partial charge is 0.222 e. The third-order valence-corrected chi connectivity index (χ3v) is 3.12. The zero-order valence-corrected chi connectivity index (χ0v) is 9.90. The van der Waals surface area contributed by atoms with Gasteiger partial charge in [0.25, 0.3) is 0 Å².